The van der Waals surface area contributed by atoms with Gasteiger partial charge in [-0.3, -0.25) is 9.78 Å². The molecule has 0 bridgehead atoms. The summed E-state index contributed by atoms with van der Waals surface area (Å²) in [5.41, 5.74) is 1.70. The topological polar surface area (TPSA) is 30.0 Å². The van der Waals surface area contributed by atoms with Gasteiger partial charge in [0.05, 0.1) is 5.52 Å². The molecule has 0 spiro atoms. The molecule has 88 valence electrons. The largest absolute Gasteiger partial charge is 0.294 e. The van der Waals surface area contributed by atoms with Gasteiger partial charge in [-0.25, -0.2) is 0 Å². The lowest BCUT2D eigenvalue weighted by Crippen LogP contribution is -2.13. The Bertz CT molecular complexity index is 524. The number of para-hydroxylation sites is 1. The first-order chi connectivity index (χ1) is 8.27. The number of benzene rings is 1. The van der Waals surface area contributed by atoms with E-state index < -0.39 is 0 Å². The molecule has 0 atom stereocenters. The lowest BCUT2D eigenvalue weighted by atomic mass is 9.91. The van der Waals surface area contributed by atoms with E-state index in [0.717, 1.165) is 29.3 Å². The molecule has 0 unspecified atom stereocenters. The van der Waals surface area contributed by atoms with Gasteiger partial charge in [0.2, 0.25) is 0 Å². The van der Waals surface area contributed by atoms with Crippen LogP contribution in [0.1, 0.15) is 37.0 Å². The summed E-state index contributed by atoms with van der Waals surface area (Å²) in [6.07, 6.45) is 3.51. The molecule has 0 amide bonds. The van der Waals surface area contributed by atoms with E-state index in [4.69, 9.17) is 0 Å². The van der Waals surface area contributed by atoms with Crippen LogP contribution < -0.4 is 0 Å². The van der Waals surface area contributed by atoms with Crippen molar-refractivity contribution in [2.24, 2.45) is 5.92 Å². The van der Waals surface area contributed by atoms with Crippen molar-refractivity contribution in [1.82, 2.24) is 4.98 Å². The quantitative estimate of drug-likeness (QED) is 0.742. The second kappa shape index (κ2) is 5.09. The van der Waals surface area contributed by atoms with Gasteiger partial charge in [-0.1, -0.05) is 32.0 Å². The van der Waals surface area contributed by atoms with E-state index in [-0.39, 0.29) is 11.7 Å². The third-order valence-corrected chi connectivity index (χ3v) is 3.27. The highest BCUT2D eigenvalue weighted by Gasteiger charge is 2.18. The maximum Gasteiger partial charge on any atom is 0.166 e. The first-order valence-electron chi connectivity index (χ1n) is 6.15. The number of hydrogen-bond acceptors (Lipinski definition) is 2. The molecule has 17 heavy (non-hydrogen) atoms. The Balaban J connectivity index is 2.52. The van der Waals surface area contributed by atoms with Gasteiger partial charge in [0, 0.05) is 23.1 Å². The molecule has 0 fully saturated rings. The van der Waals surface area contributed by atoms with E-state index >= 15 is 0 Å². The normalized spacial score (nSPS) is 11.0. The summed E-state index contributed by atoms with van der Waals surface area (Å²) in [5, 5.41) is 0.965. The number of rotatable bonds is 4. The smallest absolute Gasteiger partial charge is 0.166 e. The van der Waals surface area contributed by atoms with E-state index in [1.807, 2.05) is 30.3 Å². The van der Waals surface area contributed by atoms with Crippen LogP contribution in [0.5, 0.6) is 0 Å². The Labute approximate surface area is 102 Å². The average molecular weight is 227 g/mol. The Hall–Kier alpha value is -1.70. The first-order valence-corrected chi connectivity index (χ1v) is 6.15. The number of pyridine rings is 1. The van der Waals surface area contributed by atoms with Crippen molar-refractivity contribution in [3.05, 3.63) is 42.1 Å². The maximum atomic E-state index is 12.4. The van der Waals surface area contributed by atoms with Crippen LogP contribution in [0.2, 0.25) is 0 Å². The second-order valence-corrected chi connectivity index (χ2v) is 4.25. The molecule has 0 radical (unpaired) electrons. The van der Waals surface area contributed by atoms with Gasteiger partial charge >= 0.3 is 0 Å². The third-order valence-electron chi connectivity index (χ3n) is 3.27. The molecule has 2 aromatic rings. The Morgan fingerprint density at radius 3 is 2.59 bits per heavy atom. The summed E-state index contributed by atoms with van der Waals surface area (Å²) in [5.74, 6) is 0.370. The van der Waals surface area contributed by atoms with E-state index in [9.17, 15) is 4.79 Å². The molecule has 2 heteroatoms. The number of Topliss-reactive ketones (excluding diaryl/α,β-unsaturated/α-hetero) is 1. The predicted molar refractivity (Wildman–Crippen MR) is 70.1 cm³/mol. The summed E-state index contributed by atoms with van der Waals surface area (Å²) in [4.78, 5) is 16.7. The van der Waals surface area contributed by atoms with Crippen LogP contribution in [0.15, 0.2) is 36.5 Å². The number of aromatic nitrogens is 1. The van der Waals surface area contributed by atoms with Crippen molar-refractivity contribution < 1.29 is 4.79 Å². The zero-order chi connectivity index (χ0) is 12.3. The van der Waals surface area contributed by atoms with Gasteiger partial charge in [0.1, 0.15) is 0 Å². The second-order valence-electron chi connectivity index (χ2n) is 4.25. The molecular formula is C15H17NO. The zero-order valence-corrected chi connectivity index (χ0v) is 10.3. The van der Waals surface area contributed by atoms with E-state index in [1.165, 1.54) is 0 Å². The van der Waals surface area contributed by atoms with Crippen molar-refractivity contribution in [2.45, 2.75) is 26.7 Å². The minimum atomic E-state index is 0.126. The summed E-state index contributed by atoms with van der Waals surface area (Å²) in [7, 11) is 0. The fourth-order valence-corrected chi connectivity index (χ4v) is 2.19. The standard InChI is InChI=1S/C15H17NO/c1-3-11(4-2)15(17)13-9-10-16-14-8-6-5-7-12(13)14/h5-11H,3-4H2,1-2H3. The van der Waals surface area contributed by atoms with Crippen LogP contribution >= 0.6 is 0 Å². The minimum Gasteiger partial charge on any atom is -0.294 e. The van der Waals surface area contributed by atoms with Crippen LogP contribution in [0.4, 0.5) is 0 Å². The lowest BCUT2D eigenvalue weighted by Gasteiger charge is -2.12. The van der Waals surface area contributed by atoms with Crippen molar-refractivity contribution >= 4 is 16.7 Å². The number of fused-ring (bicyclic) bond motifs is 1. The van der Waals surface area contributed by atoms with Crippen LogP contribution in [-0.2, 0) is 0 Å². The Morgan fingerprint density at radius 2 is 1.88 bits per heavy atom. The molecule has 0 saturated carbocycles. The number of hydrogen-bond donors (Lipinski definition) is 0. The third kappa shape index (κ3) is 2.21. The molecule has 1 aromatic heterocycles. The van der Waals surface area contributed by atoms with Crippen molar-refractivity contribution in [3.8, 4) is 0 Å². The Morgan fingerprint density at radius 1 is 1.18 bits per heavy atom. The molecule has 1 heterocycles. The average Bonchev–Trinajstić information content (AvgIpc) is 2.39. The van der Waals surface area contributed by atoms with Gasteiger partial charge < -0.3 is 0 Å². The Kier molecular flexibility index (Phi) is 3.52. The SMILES string of the molecule is CCC(CC)C(=O)c1ccnc2ccccc12. The van der Waals surface area contributed by atoms with Gasteiger partial charge in [-0.2, -0.15) is 0 Å². The molecule has 0 saturated heterocycles. The lowest BCUT2D eigenvalue weighted by molar-refractivity contribution is 0.0915. The summed E-state index contributed by atoms with van der Waals surface area (Å²) in [6.45, 7) is 4.13. The molecule has 1 aromatic carbocycles. The van der Waals surface area contributed by atoms with Crippen molar-refractivity contribution in [2.75, 3.05) is 0 Å². The summed E-state index contributed by atoms with van der Waals surface area (Å²) < 4.78 is 0. The number of ketones is 1. The van der Waals surface area contributed by atoms with Crippen molar-refractivity contribution in [1.29, 1.82) is 0 Å². The zero-order valence-electron chi connectivity index (χ0n) is 10.3. The molecule has 0 N–H and O–H groups in total. The highest BCUT2D eigenvalue weighted by molar-refractivity contribution is 6.08. The number of carbonyl (C=O) groups excluding carboxylic acids is 1. The summed E-state index contributed by atoms with van der Waals surface area (Å²) in [6, 6.07) is 9.65. The van der Waals surface area contributed by atoms with Crippen LogP contribution in [0, 0.1) is 5.92 Å². The molecule has 2 rings (SSSR count). The van der Waals surface area contributed by atoms with E-state index in [1.54, 1.807) is 6.20 Å². The van der Waals surface area contributed by atoms with E-state index in [0.29, 0.717) is 0 Å². The molecule has 0 aliphatic heterocycles. The fraction of sp³-hybridized carbons (Fsp3) is 0.333. The van der Waals surface area contributed by atoms with Crippen LogP contribution in [0.3, 0.4) is 0 Å². The minimum absolute atomic E-state index is 0.126. The van der Waals surface area contributed by atoms with Crippen molar-refractivity contribution in [3.63, 3.8) is 0 Å². The fourth-order valence-electron chi connectivity index (χ4n) is 2.19. The number of carbonyl (C=O) groups is 1. The summed E-state index contributed by atoms with van der Waals surface area (Å²) >= 11 is 0. The first kappa shape index (κ1) is 11.8. The highest BCUT2D eigenvalue weighted by Crippen LogP contribution is 2.22. The molecule has 0 aliphatic carbocycles. The van der Waals surface area contributed by atoms with Gasteiger partial charge in [0.15, 0.2) is 5.78 Å². The van der Waals surface area contributed by atoms with E-state index in [2.05, 4.69) is 18.8 Å². The number of nitrogens with zero attached hydrogens (tertiary/aromatic N) is 1. The highest BCUT2D eigenvalue weighted by atomic mass is 16.1. The molecule has 2 nitrogen and oxygen atoms in total. The van der Waals surface area contributed by atoms with Crippen LogP contribution in [0.25, 0.3) is 10.9 Å². The molecule has 0 aliphatic rings. The monoisotopic (exact) mass is 227 g/mol. The maximum absolute atomic E-state index is 12.4. The molecular weight excluding hydrogens is 210 g/mol. The van der Waals surface area contributed by atoms with Gasteiger partial charge in [-0.05, 0) is 25.0 Å². The predicted octanol–water partition coefficient (Wildman–Crippen LogP) is 3.85. The van der Waals surface area contributed by atoms with Gasteiger partial charge in [-0.15, -0.1) is 0 Å². The van der Waals surface area contributed by atoms with Crippen LogP contribution in [-0.4, -0.2) is 10.8 Å². The van der Waals surface area contributed by atoms with Gasteiger partial charge in [0.25, 0.3) is 0 Å².